The molecule has 1 amide bonds. The molecule has 2 atom stereocenters. The summed E-state index contributed by atoms with van der Waals surface area (Å²) in [5, 5.41) is 7.86. The molecule has 1 aliphatic rings. The number of nitrogens with one attached hydrogen (secondary N) is 2. The van der Waals surface area contributed by atoms with Crippen molar-refractivity contribution < 1.29 is 9.53 Å². The molecule has 1 fully saturated rings. The summed E-state index contributed by atoms with van der Waals surface area (Å²) in [5.41, 5.74) is 2.58. The number of imidazole rings is 1. The molecule has 0 saturated heterocycles. The average Bonchev–Trinajstić information content (AvgIpc) is 3.36. The minimum Gasteiger partial charge on any atom is -0.495 e. The fourth-order valence-corrected chi connectivity index (χ4v) is 3.79. The van der Waals surface area contributed by atoms with Crippen molar-refractivity contribution >= 4 is 34.0 Å². The molecule has 0 bridgehead atoms. The van der Waals surface area contributed by atoms with Gasteiger partial charge in [-0.2, -0.15) is 0 Å². The van der Waals surface area contributed by atoms with Crippen LogP contribution in [0.15, 0.2) is 43.0 Å². The molecule has 0 aromatic carbocycles. The minimum absolute atomic E-state index is 0.0262. The molecule has 0 radical (unpaired) electrons. The zero-order valence-corrected chi connectivity index (χ0v) is 17.0. The van der Waals surface area contributed by atoms with Gasteiger partial charge in [0.15, 0.2) is 0 Å². The third kappa shape index (κ3) is 3.01. The highest BCUT2D eigenvalue weighted by Gasteiger charge is 2.39. The second kappa shape index (κ2) is 6.98. The second-order valence-corrected chi connectivity index (χ2v) is 7.63. The van der Waals surface area contributed by atoms with Crippen molar-refractivity contribution in [3.05, 3.63) is 43.0 Å². The highest BCUT2D eigenvalue weighted by Crippen LogP contribution is 2.39. The monoisotopic (exact) mass is 402 g/mol. The molecule has 0 spiro atoms. The van der Waals surface area contributed by atoms with Crippen molar-refractivity contribution in [2.75, 3.05) is 24.8 Å². The second-order valence-electron chi connectivity index (χ2n) is 7.63. The van der Waals surface area contributed by atoms with Gasteiger partial charge in [0, 0.05) is 41.7 Å². The molecule has 4 heterocycles. The largest absolute Gasteiger partial charge is 0.495 e. The van der Waals surface area contributed by atoms with Crippen LogP contribution in [0.2, 0.25) is 0 Å². The van der Waals surface area contributed by atoms with E-state index >= 15 is 0 Å². The average molecular weight is 402 g/mol. The summed E-state index contributed by atoms with van der Waals surface area (Å²) in [7, 11) is 3.46. The van der Waals surface area contributed by atoms with Crippen molar-refractivity contribution in [2.24, 2.45) is 11.8 Å². The summed E-state index contributed by atoms with van der Waals surface area (Å²) in [6, 6.07) is 5.69. The van der Waals surface area contributed by atoms with Gasteiger partial charge in [0.25, 0.3) is 0 Å². The predicted octanol–water partition coefficient (Wildman–Crippen LogP) is 3.59. The topological polar surface area (TPSA) is 93.4 Å². The number of carbonyl (C=O) groups excluding carboxylic acids is 1. The van der Waals surface area contributed by atoms with Gasteiger partial charge in [0.05, 0.1) is 25.2 Å². The van der Waals surface area contributed by atoms with Gasteiger partial charge < -0.3 is 15.4 Å². The Bertz CT molecular complexity index is 1280. The summed E-state index contributed by atoms with van der Waals surface area (Å²) in [6.45, 7) is 2.08. The fourth-order valence-electron chi connectivity index (χ4n) is 3.79. The van der Waals surface area contributed by atoms with E-state index in [4.69, 9.17) is 4.74 Å². The lowest BCUT2D eigenvalue weighted by Gasteiger charge is -2.12. The molecule has 1 aliphatic carbocycles. The molecule has 1 saturated carbocycles. The van der Waals surface area contributed by atoms with E-state index in [1.807, 2.05) is 48.2 Å². The molecule has 4 aromatic heterocycles. The van der Waals surface area contributed by atoms with Crippen LogP contribution in [0.3, 0.4) is 0 Å². The third-order valence-corrected chi connectivity index (χ3v) is 5.70. The first kappa shape index (κ1) is 18.4. The number of aromatic nitrogens is 4. The van der Waals surface area contributed by atoms with Gasteiger partial charge >= 0.3 is 0 Å². The van der Waals surface area contributed by atoms with Crippen LogP contribution in [-0.4, -0.2) is 39.4 Å². The number of carbonyl (C=O) groups is 1. The Hall–Kier alpha value is -3.68. The smallest absolute Gasteiger partial charge is 0.228 e. The lowest BCUT2D eigenvalue weighted by atomic mass is 10.1. The molecule has 30 heavy (non-hydrogen) atoms. The van der Waals surface area contributed by atoms with E-state index in [2.05, 4.69) is 32.5 Å². The van der Waals surface area contributed by atoms with Crippen LogP contribution in [0, 0.1) is 11.8 Å². The number of nitrogens with zero attached hydrogens (tertiary/aromatic N) is 4. The minimum atomic E-state index is 0.0262. The lowest BCUT2D eigenvalue weighted by Crippen LogP contribution is -2.15. The number of amides is 1. The van der Waals surface area contributed by atoms with Crippen molar-refractivity contribution in [1.82, 2.24) is 19.4 Å². The van der Waals surface area contributed by atoms with Crippen LogP contribution >= 0.6 is 0 Å². The van der Waals surface area contributed by atoms with E-state index in [1.165, 1.54) is 0 Å². The Kier molecular flexibility index (Phi) is 4.27. The van der Waals surface area contributed by atoms with Gasteiger partial charge in [-0.15, -0.1) is 0 Å². The van der Waals surface area contributed by atoms with Crippen LogP contribution in [0.25, 0.3) is 27.7 Å². The maximum Gasteiger partial charge on any atom is 0.228 e. The van der Waals surface area contributed by atoms with E-state index in [-0.39, 0.29) is 11.8 Å². The predicted molar refractivity (Wildman–Crippen MR) is 116 cm³/mol. The van der Waals surface area contributed by atoms with E-state index in [1.54, 1.807) is 13.3 Å². The Balaban J connectivity index is 1.66. The van der Waals surface area contributed by atoms with Crippen LogP contribution in [0.4, 0.5) is 11.6 Å². The number of fused-ring (bicyclic) bond motifs is 2. The number of hydrogen-bond donors (Lipinski definition) is 2. The van der Waals surface area contributed by atoms with Gasteiger partial charge in [0.2, 0.25) is 5.91 Å². The Morgan fingerprint density at radius 3 is 2.73 bits per heavy atom. The highest BCUT2D eigenvalue weighted by molar-refractivity contribution is 6.03. The van der Waals surface area contributed by atoms with Crippen molar-refractivity contribution in [1.29, 1.82) is 0 Å². The summed E-state index contributed by atoms with van der Waals surface area (Å²) in [4.78, 5) is 25.9. The van der Waals surface area contributed by atoms with E-state index < -0.39 is 0 Å². The number of methoxy groups -OCH3 is 1. The molecule has 8 nitrogen and oxygen atoms in total. The van der Waals surface area contributed by atoms with Crippen molar-refractivity contribution in [3.8, 4) is 17.0 Å². The molecule has 0 aliphatic heterocycles. The zero-order valence-electron chi connectivity index (χ0n) is 17.0. The number of rotatable bonds is 5. The Morgan fingerprint density at radius 2 is 2.00 bits per heavy atom. The number of anilines is 2. The van der Waals surface area contributed by atoms with Crippen LogP contribution in [0.1, 0.15) is 13.3 Å². The molecular weight excluding hydrogens is 380 g/mol. The maximum absolute atomic E-state index is 12.4. The molecule has 4 aromatic rings. The lowest BCUT2D eigenvalue weighted by molar-refractivity contribution is -0.117. The van der Waals surface area contributed by atoms with Gasteiger partial charge in [-0.1, -0.05) is 6.92 Å². The fraction of sp³-hybridized carbons (Fsp3) is 0.273. The van der Waals surface area contributed by atoms with Crippen LogP contribution in [-0.2, 0) is 4.79 Å². The summed E-state index contributed by atoms with van der Waals surface area (Å²) in [6.07, 6.45) is 8.20. The number of pyridine rings is 3. The van der Waals surface area contributed by atoms with E-state index in [0.717, 1.165) is 45.7 Å². The highest BCUT2D eigenvalue weighted by atomic mass is 16.5. The summed E-state index contributed by atoms with van der Waals surface area (Å²) < 4.78 is 7.35. The first-order chi connectivity index (χ1) is 14.6. The first-order valence-corrected chi connectivity index (χ1v) is 9.88. The molecule has 2 N–H and O–H groups in total. The van der Waals surface area contributed by atoms with Crippen molar-refractivity contribution in [3.63, 3.8) is 0 Å². The number of hydrogen-bond acceptors (Lipinski definition) is 6. The van der Waals surface area contributed by atoms with Gasteiger partial charge in [-0.3, -0.25) is 9.20 Å². The maximum atomic E-state index is 12.4. The van der Waals surface area contributed by atoms with E-state index in [9.17, 15) is 4.79 Å². The molecular formula is C22H22N6O2. The summed E-state index contributed by atoms with van der Waals surface area (Å²) >= 11 is 0. The third-order valence-electron chi connectivity index (χ3n) is 5.70. The van der Waals surface area contributed by atoms with Crippen molar-refractivity contribution in [2.45, 2.75) is 13.3 Å². The Morgan fingerprint density at radius 1 is 1.17 bits per heavy atom. The number of ether oxygens (including phenoxy) is 1. The van der Waals surface area contributed by atoms with Crippen LogP contribution < -0.4 is 15.4 Å². The molecule has 5 rings (SSSR count). The Labute approximate surface area is 173 Å². The SMILES string of the molecule is CNc1ncc(-c2cnc3ccc(OC)cn23)c2cc(NC(=O)C3CC3C)ncc12. The van der Waals surface area contributed by atoms with E-state index in [0.29, 0.717) is 11.7 Å². The first-order valence-electron chi connectivity index (χ1n) is 9.88. The quantitative estimate of drug-likeness (QED) is 0.530. The van der Waals surface area contributed by atoms with Gasteiger partial charge in [-0.05, 0) is 30.5 Å². The zero-order chi connectivity index (χ0) is 20.8. The molecule has 152 valence electrons. The van der Waals surface area contributed by atoms with Gasteiger partial charge in [0.1, 0.15) is 23.0 Å². The van der Waals surface area contributed by atoms with Crippen LogP contribution in [0.5, 0.6) is 5.75 Å². The molecule has 8 heteroatoms. The normalized spacial score (nSPS) is 17.8. The van der Waals surface area contributed by atoms with Gasteiger partial charge in [-0.25, -0.2) is 15.0 Å². The standard InChI is InChI=1S/C22H22N6O2/c1-12-6-14(12)22(29)27-19-7-15-16(8-26-21(23-2)17(15)9-24-19)18-10-25-20-5-4-13(30-3)11-28(18)20/h4-5,7-12,14H,6H2,1-3H3,(H,23,26)(H,24,27,29). The molecule has 2 unspecified atom stereocenters. The summed E-state index contributed by atoms with van der Waals surface area (Å²) in [5.74, 6) is 2.54.